The molecule has 0 radical (unpaired) electrons. The third kappa shape index (κ3) is 7.88. The van der Waals surface area contributed by atoms with Crippen LogP contribution < -0.4 is 0 Å². The first-order chi connectivity index (χ1) is 22.2. The Morgan fingerprint density at radius 2 is 1.20 bits per heavy atom. The summed E-state index contributed by atoms with van der Waals surface area (Å²) in [6.07, 6.45) is 2.43. The Hall–Kier alpha value is -1.46. The molecule has 0 saturated carbocycles. The van der Waals surface area contributed by atoms with Gasteiger partial charge in [0, 0.05) is 36.3 Å². The zero-order chi connectivity index (χ0) is 32.4. The second-order valence-electron chi connectivity index (χ2n) is 10.5. The Morgan fingerprint density at radius 1 is 0.652 bits per heavy atom. The van der Waals surface area contributed by atoms with E-state index in [1.807, 2.05) is 35.0 Å². The van der Waals surface area contributed by atoms with E-state index in [1.54, 1.807) is 48.2 Å². The van der Waals surface area contributed by atoms with Crippen LogP contribution in [0.4, 0.5) is 0 Å². The van der Waals surface area contributed by atoms with E-state index in [4.69, 9.17) is 95.4 Å². The second-order valence-corrected chi connectivity index (χ2v) is 14.7. The van der Waals surface area contributed by atoms with Crippen LogP contribution in [0.1, 0.15) is 22.1 Å². The number of benzene rings is 3. The number of thioether (sulfide) groups is 1. The number of aromatic nitrogens is 3. The van der Waals surface area contributed by atoms with Crippen molar-refractivity contribution in [1.29, 1.82) is 0 Å². The van der Waals surface area contributed by atoms with Gasteiger partial charge in [0.1, 0.15) is 34.7 Å². The summed E-state index contributed by atoms with van der Waals surface area (Å²) in [4.78, 5) is 8.68. The molecule has 240 valence electrons. The monoisotopic (exact) mass is 775 g/mol. The van der Waals surface area contributed by atoms with E-state index in [0.717, 1.165) is 22.1 Å². The predicted molar refractivity (Wildman–Crippen MR) is 189 cm³/mol. The lowest BCUT2D eigenvalue weighted by Crippen LogP contribution is -2.38. The predicted octanol–water partition coefficient (Wildman–Crippen LogP) is 11.0. The third-order valence-corrected chi connectivity index (χ3v) is 11.1. The Bertz CT molecular complexity index is 1860. The molecule has 1 aliphatic rings. The first kappa shape index (κ1) is 34.4. The second kappa shape index (κ2) is 15.4. The molecule has 0 N–H and O–H groups in total. The summed E-state index contributed by atoms with van der Waals surface area (Å²) < 4.78 is 21.6. The number of hydrogen-bond donors (Lipinski definition) is 0. The van der Waals surface area contributed by atoms with Crippen LogP contribution in [-0.2, 0) is 34.0 Å². The molecular formula is C32H24Cl7N3O3S. The molecule has 3 aromatic carbocycles. The topological polar surface area (TPSA) is 58.4 Å². The van der Waals surface area contributed by atoms with Crippen molar-refractivity contribution in [3.05, 3.63) is 125 Å². The van der Waals surface area contributed by atoms with Gasteiger partial charge in [-0.05, 0) is 59.2 Å². The third-order valence-electron chi connectivity index (χ3n) is 7.47. The van der Waals surface area contributed by atoms with E-state index >= 15 is 0 Å². The molecule has 0 unspecified atom stereocenters. The molecule has 1 saturated heterocycles. The van der Waals surface area contributed by atoms with Crippen molar-refractivity contribution >= 4 is 104 Å². The molecule has 0 spiro atoms. The van der Waals surface area contributed by atoms with Gasteiger partial charge in [-0.1, -0.05) is 99.4 Å². The molecule has 0 bridgehead atoms. The summed E-state index contributed by atoms with van der Waals surface area (Å²) in [5, 5.41) is 3.81. The van der Waals surface area contributed by atoms with E-state index in [9.17, 15) is 0 Å². The zero-order valence-corrected chi connectivity index (χ0v) is 29.8. The van der Waals surface area contributed by atoms with Crippen molar-refractivity contribution in [2.75, 3.05) is 6.61 Å². The van der Waals surface area contributed by atoms with E-state index in [-0.39, 0.29) is 30.4 Å². The van der Waals surface area contributed by atoms with Gasteiger partial charge < -0.3 is 18.8 Å². The molecule has 6 nitrogen and oxygen atoms in total. The fraction of sp³-hybridized carbons (Fsp3) is 0.250. The van der Waals surface area contributed by atoms with Gasteiger partial charge in [-0.3, -0.25) is 0 Å². The maximum Gasteiger partial charge on any atom is 0.145 e. The molecule has 1 fully saturated rings. The highest BCUT2D eigenvalue weighted by Gasteiger charge is 2.47. The number of ether oxygens (including phenoxy) is 3. The fourth-order valence-corrected chi connectivity index (χ4v) is 8.35. The van der Waals surface area contributed by atoms with Crippen LogP contribution in [0.2, 0.25) is 35.3 Å². The molecule has 5 aromatic rings. The minimum absolute atomic E-state index is 0.178. The zero-order valence-electron chi connectivity index (χ0n) is 23.7. The molecule has 14 heteroatoms. The number of halogens is 7. The number of fused-ring (bicyclic) bond motifs is 1. The lowest BCUT2D eigenvalue weighted by atomic mass is 10.1. The van der Waals surface area contributed by atoms with E-state index in [2.05, 4.69) is 9.97 Å². The van der Waals surface area contributed by atoms with Gasteiger partial charge in [0.2, 0.25) is 0 Å². The lowest BCUT2D eigenvalue weighted by Gasteiger charge is -2.27. The van der Waals surface area contributed by atoms with Crippen LogP contribution in [0.15, 0.2) is 73.2 Å². The molecule has 0 amide bonds. The van der Waals surface area contributed by atoms with Gasteiger partial charge in [0.05, 0.1) is 37.1 Å². The number of nitrogens with zero attached hydrogens (tertiary/aromatic N) is 3. The minimum Gasteiger partial charge on any atom is -0.375 e. The number of hydrogen-bond acceptors (Lipinski definition) is 6. The summed E-state index contributed by atoms with van der Waals surface area (Å²) in [7, 11) is 0. The molecule has 6 rings (SSSR count). The normalized spacial score (nSPS) is 19.7. The number of rotatable bonds is 11. The molecule has 0 aliphatic carbocycles. The van der Waals surface area contributed by atoms with Crippen LogP contribution in [-0.4, -0.2) is 38.6 Å². The van der Waals surface area contributed by atoms with Crippen molar-refractivity contribution in [2.45, 2.75) is 42.7 Å². The van der Waals surface area contributed by atoms with Gasteiger partial charge in [-0.2, -0.15) is 0 Å². The van der Waals surface area contributed by atoms with E-state index in [1.165, 1.54) is 6.33 Å². The van der Waals surface area contributed by atoms with Gasteiger partial charge in [0.15, 0.2) is 0 Å². The summed E-state index contributed by atoms with van der Waals surface area (Å²) in [5.74, 6) is 0. The van der Waals surface area contributed by atoms with Crippen LogP contribution in [0.3, 0.4) is 0 Å². The lowest BCUT2D eigenvalue weighted by molar-refractivity contribution is -0.0913. The van der Waals surface area contributed by atoms with Crippen molar-refractivity contribution in [2.24, 2.45) is 0 Å². The standard InChI is InChI=1S/C32H24Cl7N3O3S/c33-20-4-1-17(24(36)9-20)12-43-15-27-28(44-13-18-2-5-21(34)10-25(18)37)29(45-14-19-3-6-22(35)11-26(19)38)32(46-27)42-8-7-23-30(39)40-16-41-31(23)42/h1-11,16,27-29,32H,12-15H2/t27-,28+,29-,32-/m0/s1. The van der Waals surface area contributed by atoms with Crippen LogP contribution in [0.5, 0.6) is 0 Å². The average Bonchev–Trinajstić information content (AvgIpc) is 3.59. The summed E-state index contributed by atoms with van der Waals surface area (Å²) in [5.41, 5.74) is 3.07. The van der Waals surface area contributed by atoms with Crippen LogP contribution >= 0.6 is 93.0 Å². The van der Waals surface area contributed by atoms with E-state index in [0.29, 0.717) is 47.5 Å². The first-order valence-corrected chi connectivity index (χ1v) is 17.5. The quantitative estimate of drug-likeness (QED) is 0.125. The first-order valence-electron chi connectivity index (χ1n) is 13.9. The molecule has 3 heterocycles. The van der Waals surface area contributed by atoms with E-state index < -0.39 is 12.2 Å². The Balaban J connectivity index is 1.32. The smallest absolute Gasteiger partial charge is 0.145 e. The molecule has 4 atom stereocenters. The SMILES string of the molecule is Clc1ccc(COC[C@@H]2S[C@H](n3ccc4c(Cl)ncnc43)[C@@H](OCc3ccc(Cl)cc3Cl)[C@@H]2OCc2ccc(Cl)cc2Cl)c(Cl)c1. The summed E-state index contributed by atoms with van der Waals surface area (Å²) in [6.45, 7) is 1.04. The summed E-state index contributed by atoms with van der Waals surface area (Å²) >= 11 is 45.9. The van der Waals surface area contributed by atoms with Crippen molar-refractivity contribution < 1.29 is 14.2 Å². The van der Waals surface area contributed by atoms with Crippen molar-refractivity contribution in [3.8, 4) is 0 Å². The summed E-state index contributed by atoms with van der Waals surface area (Å²) in [6, 6.07) is 17.8. The Kier molecular flexibility index (Phi) is 11.5. The molecular weight excluding hydrogens is 755 g/mol. The highest BCUT2D eigenvalue weighted by Crippen LogP contribution is 2.47. The fourth-order valence-electron chi connectivity index (χ4n) is 5.16. The largest absolute Gasteiger partial charge is 0.375 e. The maximum atomic E-state index is 6.69. The van der Waals surface area contributed by atoms with Gasteiger partial charge in [-0.15, -0.1) is 11.8 Å². The van der Waals surface area contributed by atoms with Crippen molar-refractivity contribution in [1.82, 2.24) is 14.5 Å². The van der Waals surface area contributed by atoms with Gasteiger partial charge >= 0.3 is 0 Å². The highest BCUT2D eigenvalue weighted by molar-refractivity contribution is 8.00. The van der Waals surface area contributed by atoms with Crippen LogP contribution in [0.25, 0.3) is 11.0 Å². The Labute approximate surface area is 305 Å². The van der Waals surface area contributed by atoms with Crippen molar-refractivity contribution in [3.63, 3.8) is 0 Å². The maximum absolute atomic E-state index is 6.69. The van der Waals surface area contributed by atoms with Gasteiger partial charge in [-0.25, -0.2) is 9.97 Å². The highest BCUT2D eigenvalue weighted by atomic mass is 35.5. The molecule has 1 aliphatic heterocycles. The van der Waals surface area contributed by atoms with Gasteiger partial charge in [0.25, 0.3) is 0 Å². The van der Waals surface area contributed by atoms with Crippen LogP contribution in [0, 0.1) is 0 Å². The molecule has 2 aromatic heterocycles. The molecule has 46 heavy (non-hydrogen) atoms. The minimum atomic E-state index is -0.486. The Morgan fingerprint density at radius 3 is 1.76 bits per heavy atom. The average molecular weight is 779 g/mol.